The summed E-state index contributed by atoms with van der Waals surface area (Å²) in [7, 11) is 6.66. The Labute approximate surface area is 86.1 Å². The highest BCUT2D eigenvalue weighted by Crippen LogP contribution is 2.22. The molecule has 0 aliphatic heterocycles. The number of rotatable bonds is 4. The maximum absolute atomic E-state index is 2.46. The lowest BCUT2D eigenvalue weighted by molar-refractivity contribution is 0.602. The Kier molecular flexibility index (Phi) is 4.37. The highest BCUT2D eigenvalue weighted by Gasteiger charge is 2.35. The minimum Gasteiger partial charge on any atom is -0.329 e. The van der Waals surface area contributed by atoms with Gasteiger partial charge in [-0.05, 0) is 33.9 Å². The van der Waals surface area contributed by atoms with E-state index >= 15 is 0 Å². The molecule has 0 heterocycles. The van der Waals surface area contributed by atoms with Gasteiger partial charge >= 0.3 is 0 Å². The van der Waals surface area contributed by atoms with Gasteiger partial charge in [0, 0.05) is 0 Å². The van der Waals surface area contributed by atoms with Crippen molar-refractivity contribution < 1.29 is 0 Å². The maximum Gasteiger partial charge on any atom is 0.120 e. The van der Waals surface area contributed by atoms with Crippen molar-refractivity contribution in [3.05, 3.63) is 0 Å². The van der Waals surface area contributed by atoms with Crippen LogP contribution in [-0.2, 0) is 0 Å². The van der Waals surface area contributed by atoms with Crippen LogP contribution in [0.2, 0.25) is 31.9 Å². The predicted molar refractivity (Wildman–Crippen MR) is 67.1 cm³/mol. The molecule has 13 heavy (non-hydrogen) atoms. The Morgan fingerprint density at radius 3 is 1.08 bits per heavy atom. The van der Waals surface area contributed by atoms with Crippen LogP contribution in [0.3, 0.4) is 0 Å². The molecule has 0 atom stereocenters. The van der Waals surface area contributed by atoms with Crippen LogP contribution in [-0.4, -0.2) is 53.8 Å². The number of hydrogen-bond acceptors (Lipinski definition) is 2. The van der Waals surface area contributed by atoms with Crippen LogP contribution in [0.5, 0.6) is 0 Å². The monoisotopic (exact) mass is 218 g/mol. The van der Waals surface area contributed by atoms with Gasteiger partial charge in [-0.2, -0.15) is 0 Å². The van der Waals surface area contributed by atoms with Crippen LogP contribution in [0.25, 0.3) is 0 Å². The van der Waals surface area contributed by atoms with Crippen LogP contribution >= 0.6 is 0 Å². The maximum atomic E-state index is 2.46. The van der Waals surface area contributed by atoms with Gasteiger partial charge in [-0.15, -0.1) is 0 Å². The van der Waals surface area contributed by atoms with E-state index in [1.807, 2.05) is 0 Å². The molecule has 0 N–H and O–H groups in total. The first-order valence-corrected chi connectivity index (χ1v) is 11.3. The normalized spacial score (nSPS) is 14.3. The molecule has 0 saturated heterocycles. The second-order valence-electron chi connectivity index (χ2n) is 5.59. The molecule has 0 unspecified atom stereocenters. The van der Waals surface area contributed by atoms with Crippen LogP contribution in [0, 0.1) is 0 Å². The Morgan fingerprint density at radius 1 is 0.692 bits per heavy atom. The molecule has 0 aromatic rings. The van der Waals surface area contributed by atoms with Crippen molar-refractivity contribution in [1.82, 2.24) is 9.13 Å². The summed E-state index contributed by atoms with van der Waals surface area (Å²) in [5, 5.41) is 0. The van der Waals surface area contributed by atoms with Gasteiger partial charge in [0.1, 0.15) is 16.5 Å². The summed E-state index contributed by atoms with van der Waals surface area (Å²) >= 11 is 0. The summed E-state index contributed by atoms with van der Waals surface area (Å²) in [5.74, 6) is 0. The molecule has 0 aromatic carbocycles. The zero-order valence-corrected chi connectivity index (χ0v) is 12.6. The Hall–Kier alpha value is 0.354. The summed E-state index contributed by atoms with van der Waals surface area (Å²) < 4.78 is 4.93. The Bertz CT molecular complexity index is 147. The fraction of sp³-hybridized carbons (Fsp3) is 1.00. The minimum atomic E-state index is -1.13. The SMILES string of the molecule is CN(C)[Si](C)(C)C[Si](C)(C)N(C)C. The van der Waals surface area contributed by atoms with Crippen molar-refractivity contribution >= 4 is 16.5 Å². The highest BCUT2D eigenvalue weighted by molar-refractivity contribution is 6.92. The molecular formula is C9H26N2Si2. The van der Waals surface area contributed by atoms with Gasteiger partial charge in [-0.3, -0.25) is 0 Å². The van der Waals surface area contributed by atoms with Gasteiger partial charge in [0.2, 0.25) is 0 Å². The van der Waals surface area contributed by atoms with Crippen molar-refractivity contribution in [3.63, 3.8) is 0 Å². The Balaban J connectivity index is 4.42. The molecule has 0 spiro atoms. The van der Waals surface area contributed by atoms with Crippen LogP contribution < -0.4 is 0 Å². The molecule has 0 bridgehead atoms. The molecule has 0 saturated carbocycles. The Morgan fingerprint density at radius 2 is 0.923 bits per heavy atom. The highest BCUT2D eigenvalue weighted by atomic mass is 28.4. The summed E-state index contributed by atoms with van der Waals surface area (Å²) in [5.41, 5.74) is 1.44. The first kappa shape index (κ1) is 13.4. The molecule has 0 aliphatic rings. The summed E-state index contributed by atoms with van der Waals surface area (Å²) in [6, 6.07) is 0. The quantitative estimate of drug-likeness (QED) is 0.667. The zero-order valence-electron chi connectivity index (χ0n) is 10.6. The standard InChI is InChI=1S/C9H26N2Si2/c1-10(2)12(5,6)9-13(7,8)11(3)4/h9H2,1-8H3. The molecule has 0 aliphatic carbocycles. The van der Waals surface area contributed by atoms with Gasteiger partial charge < -0.3 is 9.13 Å². The van der Waals surface area contributed by atoms with Gasteiger partial charge in [0.05, 0.1) is 0 Å². The fourth-order valence-electron chi connectivity index (χ4n) is 1.37. The molecule has 0 amide bonds. The van der Waals surface area contributed by atoms with E-state index in [-0.39, 0.29) is 0 Å². The van der Waals surface area contributed by atoms with E-state index in [0.29, 0.717) is 0 Å². The molecule has 0 aromatic heterocycles. The van der Waals surface area contributed by atoms with Crippen molar-refractivity contribution in [3.8, 4) is 0 Å². The molecule has 2 nitrogen and oxygen atoms in total. The van der Waals surface area contributed by atoms with Gasteiger partial charge in [-0.1, -0.05) is 26.2 Å². The largest absolute Gasteiger partial charge is 0.329 e. The minimum absolute atomic E-state index is 1.13. The third-order valence-electron chi connectivity index (χ3n) is 3.29. The van der Waals surface area contributed by atoms with Gasteiger partial charge in [0.15, 0.2) is 0 Å². The molecule has 0 fully saturated rings. The topological polar surface area (TPSA) is 6.48 Å². The van der Waals surface area contributed by atoms with Gasteiger partial charge in [0.25, 0.3) is 0 Å². The van der Waals surface area contributed by atoms with E-state index in [0.717, 1.165) is 0 Å². The molecule has 0 radical (unpaired) electrons. The summed E-state index contributed by atoms with van der Waals surface area (Å²) in [6.07, 6.45) is 0. The van der Waals surface area contributed by atoms with Gasteiger partial charge in [-0.25, -0.2) is 0 Å². The van der Waals surface area contributed by atoms with E-state index < -0.39 is 16.5 Å². The third-order valence-corrected chi connectivity index (χ3v) is 15.1. The second kappa shape index (κ2) is 4.25. The van der Waals surface area contributed by atoms with Crippen LogP contribution in [0.4, 0.5) is 0 Å². The summed E-state index contributed by atoms with van der Waals surface area (Å²) in [4.78, 5) is 0. The van der Waals surface area contributed by atoms with Crippen molar-refractivity contribution in [2.24, 2.45) is 0 Å². The first-order valence-electron chi connectivity index (χ1n) is 4.94. The lowest BCUT2D eigenvalue weighted by atomic mass is 11.3. The average molecular weight is 218 g/mol. The molecule has 4 heteroatoms. The van der Waals surface area contributed by atoms with Crippen molar-refractivity contribution in [1.29, 1.82) is 0 Å². The summed E-state index contributed by atoms with van der Waals surface area (Å²) in [6.45, 7) is 9.85. The molecule has 80 valence electrons. The van der Waals surface area contributed by atoms with E-state index in [2.05, 4.69) is 63.5 Å². The third kappa shape index (κ3) is 3.93. The lowest BCUT2D eigenvalue weighted by Gasteiger charge is -2.40. The number of nitrogens with zero attached hydrogens (tertiary/aromatic N) is 2. The molecule has 0 rings (SSSR count). The zero-order chi connectivity index (χ0) is 10.9. The molecular weight excluding hydrogens is 192 g/mol. The predicted octanol–water partition coefficient (Wildman–Crippen LogP) is 2.06. The number of hydrogen-bond donors (Lipinski definition) is 0. The van der Waals surface area contributed by atoms with E-state index in [9.17, 15) is 0 Å². The first-order chi connectivity index (χ1) is 5.59. The van der Waals surface area contributed by atoms with Crippen molar-refractivity contribution in [2.75, 3.05) is 28.2 Å². The van der Waals surface area contributed by atoms with E-state index in [1.165, 1.54) is 5.67 Å². The fourth-order valence-corrected chi connectivity index (χ4v) is 12.4. The second-order valence-corrected chi connectivity index (χ2v) is 16.0. The average Bonchev–Trinajstić information content (AvgIpc) is 1.83. The van der Waals surface area contributed by atoms with E-state index in [4.69, 9.17) is 0 Å². The lowest BCUT2D eigenvalue weighted by Crippen LogP contribution is -2.55. The van der Waals surface area contributed by atoms with Crippen molar-refractivity contribution in [2.45, 2.75) is 31.9 Å². The van der Waals surface area contributed by atoms with Crippen LogP contribution in [0.1, 0.15) is 0 Å². The van der Waals surface area contributed by atoms with E-state index in [1.54, 1.807) is 0 Å². The smallest absolute Gasteiger partial charge is 0.120 e. The van der Waals surface area contributed by atoms with Crippen LogP contribution in [0.15, 0.2) is 0 Å².